The number of rotatable bonds is 6. The molecule has 2 unspecified atom stereocenters. The van der Waals surface area contributed by atoms with E-state index in [9.17, 15) is 9.18 Å². The number of hydrogen-bond donors (Lipinski definition) is 3. The number of carbonyl (C=O) groups is 1. The molecule has 1 aromatic rings. The van der Waals surface area contributed by atoms with E-state index in [1.165, 1.54) is 11.6 Å². The molecule has 1 aromatic carbocycles. The van der Waals surface area contributed by atoms with E-state index in [1.807, 2.05) is 19.9 Å². The third-order valence-electron chi connectivity index (χ3n) is 4.92. The molecule has 148 valence electrons. The second kappa shape index (κ2) is 9.41. The highest BCUT2D eigenvalue weighted by molar-refractivity contribution is 5.82. The van der Waals surface area contributed by atoms with Gasteiger partial charge in [-0.1, -0.05) is 29.8 Å². The summed E-state index contributed by atoms with van der Waals surface area (Å²) in [5.74, 6) is -0.404. The monoisotopic (exact) mass is 377 g/mol. The molecule has 0 saturated carbocycles. The first-order valence-corrected chi connectivity index (χ1v) is 9.43. The summed E-state index contributed by atoms with van der Waals surface area (Å²) in [7, 11) is 0. The number of amides is 1. The second-order valence-electron chi connectivity index (χ2n) is 7.28. The Morgan fingerprint density at radius 3 is 2.96 bits per heavy atom. The summed E-state index contributed by atoms with van der Waals surface area (Å²) >= 11 is 0. The molecule has 2 aliphatic rings. The van der Waals surface area contributed by atoms with E-state index >= 15 is 0 Å². The number of carbonyl (C=O) groups excluding carboxylic acids is 1. The van der Waals surface area contributed by atoms with Crippen LogP contribution in [-0.4, -0.2) is 43.9 Å². The fourth-order valence-electron chi connectivity index (χ4n) is 3.36. The van der Waals surface area contributed by atoms with Gasteiger partial charge in [0.1, 0.15) is 11.9 Å². The van der Waals surface area contributed by atoms with E-state index in [0.29, 0.717) is 31.8 Å². The molecular weight excluding hydrogens is 349 g/mol. The van der Waals surface area contributed by atoms with E-state index in [-0.39, 0.29) is 29.9 Å². The van der Waals surface area contributed by atoms with Gasteiger partial charge < -0.3 is 14.8 Å². The second-order valence-corrected chi connectivity index (χ2v) is 7.28. The van der Waals surface area contributed by atoms with Crippen LogP contribution in [0.15, 0.2) is 35.9 Å². The van der Waals surface area contributed by atoms with Crippen molar-refractivity contribution in [1.82, 2.24) is 16.2 Å². The summed E-state index contributed by atoms with van der Waals surface area (Å²) in [6.07, 6.45) is 3.17. The standard InChI is InChI=1S/C20H28FN3O3/c1-13(2)7-10-27-19-8-9-26-12-18(19)22-20(25)17-11-16(23-24-17)14-5-3-4-6-15(14)21/h3-7,16-19,23-24H,8-12H2,1-2H3,(H,22,25)/t16?,17?,18-,19+/m0/s1. The van der Waals surface area contributed by atoms with Crippen LogP contribution in [0.5, 0.6) is 0 Å². The normalized spacial score (nSPS) is 28.0. The highest BCUT2D eigenvalue weighted by atomic mass is 19.1. The molecule has 0 aliphatic carbocycles. The van der Waals surface area contributed by atoms with E-state index in [2.05, 4.69) is 16.2 Å². The van der Waals surface area contributed by atoms with Gasteiger partial charge >= 0.3 is 0 Å². The van der Waals surface area contributed by atoms with Gasteiger partial charge in [0.05, 0.1) is 31.4 Å². The average Bonchev–Trinajstić information content (AvgIpc) is 3.13. The summed E-state index contributed by atoms with van der Waals surface area (Å²) in [5, 5.41) is 3.03. The maximum absolute atomic E-state index is 14.0. The minimum absolute atomic E-state index is 0.0740. The van der Waals surface area contributed by atoms with Crippen molar-refractivity contribution < 1.29 is 18.7 Å². The van der Waals surface area contributed by atoms with Crippen molar-refractivity contribution in [2.24, 2.45) is 0 Å². The zero-order valence-corrected chi connectivity index (χ0v) is 15.8. The van der Waals surface area contributed by atoms with Gasteiger partial charge in [-0.15, -0.1) is 0 Å². The first-order chi connectivity index (χ1) is 13.0. The molecule has 3 N–H and O–H groups in total. The molecule has 2 saturated heterocycles. The first-order valence-electron chi connectivity index (χ1n) is 9.43. The summed E-state index contributed by atoms with van der Waals surface area (Å²) in [5.41, 5.74) is 7.75. The Labute approximate surface area is 159 Å². The SMILES string of the molecule is CC(C)=CCO[C@@H]1CCOC[C@@H]1NC(=O)C1CC(c2ccccc2F)NN1. The van der Waals surface area contributed by atoms with Crippen LogP contribution in [0.1, 0.15) is 38.3 Å². The molecular formula is C20H28FN3O3. The number of nitrogens with one attached hydrogen (secondary N) is 3. The van der Waals surface area contributed by atoms with Crippen molar-refractivity contribution in [2.75, 3.05) is 19.8 Å². The van der Waals surface area contributed by atoms with Crippen LogP contribution in [0.4, 0.5) is 4.39 Å². The zero-order valence-electron chi connectivity index (χ0n) is 15.8. The van der Waals surface area contributed by atoms with E-state index in [4.69, 9.17) is 9.47 Å². The largest absolute Gasteiger partial charge is 0.379 e. The minimum atomic E-state index is -0.435. The molecule has 2 aliphatic heterocycles. The summed E-state index contributed by atoms with van der Waals surface area (Å²) < 4.78 is 25.4. The predicted molar refractivity (Wildman–Crippen MR) is 100 cm³/mol. The molecule has 2 heterocycles. The lowest BCUT2D eigenvalue weighted by Crippen LogP contribution is -2.54. The van der Waals surface area contributed by atoms with Gasteiger partial charge in [0, 0.05) is 12.2 Å². The van der Waals surface area contributed by atoms with Crippen molar-refractivity contribution >= 4 is 5.91 Å². The number of allylic oxidation sites excluding steroid dienone is 1. The Kier molecular flexibility index (Phi) is 6.95. The lowest BCUT2D eigenvalue weighted by molar-refractivity contribution is -0.127. The molecule has 1 amide bonds. The number of benzene rings is 1. The highest BCUT2D eigenvalue weighted by Gasteiger charge is 2.34. The molecule has 3 rings (SSSR count). The molecule has 2 fully saturated rings. The Balaban J connectivity index is 1.54. The third-order valence-corrected chi connectivity index (χ3v) is 4.92. The lowest BCUT2D eigenvalue weighted by atomic mass is 10.0. The summed E-state index contributed by atoms with van der Waals surface area (Å²) in [6.45, 7) is 5.64. The van der Waals surface area contributed by atoms with Crippen molar-refractivity contribution in [2.45, 2.75) is 50.9 Å². The van der Waals surface area contributed by atoms with Crippen LogP contribution < -0.4 is 16.2 Å². The maximum atomic E-state index is 14.0. The van der Waals surface area contributed by atoms with E-state index < -0.39 is 6.04 Å². The molecule has 0 bridgehead atoms. The van der Waals surface area contributed by atoms with Crippen molar-refractivity contribution in [3.8, 4) is 0 Å². The van der Waals surface area contributed by atoms with Crippen molar-refractivity contribution in [3.63, 3.8) is 0 Å². The minimum Gasteiger partial charge on any atom is -0.379 e. The Morgan fingerprint density at radius 1 is 1.37 bits per heavy atom. The van der Waals surface area contributed by atoms with Gasteiger partial charge in [0.25, 0.3) is 0 Å². The first kappa shape index (κ1) is 19.9. The number of hydrazine groups is 1. The fourth-order valence-corrected chi connectivity index (χ4v) is 3.36. The van der Waals surface area contributed by atoms with Crippen LogP contribution in [-0.2, 0) is 14.3 Å². The average molecular weight is 377 g/mol. The smallest absolute Gasteiger partial charge is 0.238 e. The fraction of sp³-hybridized carbons (Fsp3) is 0.550. The molecule has 0 aromatic heterocycles. The molecule has 0 spiro atoms. The van der Waals surface area contributed by atoms with E-state index in [0.717, 1.165) is 6.42 Å². The van der Waals surface area contributed by atoms with Gasteiger partial charge in [-0.2, -0.15) is 0 Å². The third kappa shape index (κ3) is 5.35. The quantitative estimate of drug-likeness (QED) is 0.662. The van der Waals surface area contributed by atoms with Gasteiger partial charge in [-0.05, 0) is 32.8 Å². The van der Waals surface area contributed by atoms with Crippen LogP contribution in [0, 0.1) is 5.82 Å². The Bertz CT molecular complexity index is 678. The van der Waals surface area contributed by atoms with Crippen LogP contribution in [0.2, 0.25) is 0 Å². The topological polar surface area (TPSA) is 71.6 Å². The van der Waals surface area contributed by atoms with Crippen molar-refractivity contribution in [1.29, 1.82) is 0 Å². The Hall–Kier alpha value is -1.80. The summed E-state index contributed by atoms with van der Waals surface area (Å²) in [4.78, 5) is 12.7. The summed E-state index contributed by atoms with van der Waals surface area (Å²) in [6, 6.07) is 5.75. The zero-order chi connectivity index (χ0) is 19.2. The van der Waals surface area contributed by atoms with Gasteiger partial charge in [0.15, 0.2) is 0 Å². The van der Waals surface area contributed by atoms with Gasteiger partial charge in [0.2, 0.25) is 5.91 Å². The van der Waals surface area contributed by atoms with Crippen LogP contribution in [0.25, 0.3) is 0 Å². The van der Waals surface area contributed by atoms with Crippen molar-refractivity contribution in [3.05, 3.63) is 47.3 Å². The maximum Gasteiger partial charge on any atom is 0.238 e. The molecule has 0 radical (unpaired) electrons. The van der Waals surface area contributed by atoms with Gasteiger partial charge in [-0.3, -0.25) is 4.79 Å². The Morgan fingerprint density at radius 2 is 2.19 bits per heavy atom. The lowest BCUT2D eigenvalue weighted by Gasteiger charge is -2.32. The number of ether oxygens (including phenoxy) is 2. The van der Waals surface area contributed by atoms with Crippen LogP contribution >= 0.6 is 0 Å². The highest BCUT2D eigenvalue weighted by Crippen LogP contribution is 2.24. The van der Waals surface area contributed by atoms with Gasteiger partial charge in [-0.25, -0.2) is 15.2 Å². The van der Waals surface area contributed by atoms with E-state index in [1.54, 1.807) is 18.2 Å². The molecule has 6 nitrogen and oxygen atoms in total. The number of hydrogen-bond acceptors (Lipinski definition) is 5. The molecule has 7 heteroatoms. The molecule has 27 heavy (non-hydrogen) atoms. The number of halogens is 1. The van der Waals surface area contributed by atoms with Crippen LogP contribution in [0.3, 0.4) is 0 Å². The predicted octanol–water partition coefficient (Wildman–Crippen LogP) is 1.99. The molecule has 4 atom stereocenters.